The van der Waals surface area contributed by atoms with Gasteiger partial charge in [0.1, 0.15) is 0 Å². The molecule has 0 bridgehead atoms. The molecule has 0 atom stereocenters. The van der Waals surface area contributed by atoms with Gasteiger partial charge in [-0.05, 0) is 12.1 Å². The molecule has 0 radical (unpaired) electrons. The summed E-state index contributed by atoms with van der Waals surface area (Å²) in [5, 5.41) is 0. The largest absolute Gasteiger partial charge is 0.461 e. The van der Waals surface area contributed by atoms with E-state index in [1.807, 2.05) is 0 Å². The van der Waals surface area contributed by atoms with Gasteiger partial charge in [0.25, 0.3) is 5.56 Å². The maximum absolute atomic E-state index is 11.3. The molecule has 0 fully saturated rings. The lowest BCUT2D eigenvalue weighted by Crippen LogP contribution is -2.12. The van der Waals surface area contributed by atoms with Crippen molar-refractivity contribution < 1.29 is 4.42 Å². The Hall–Kier alpha value is -1.55. The lowest BCUT2D eigenvalue weighted by Gasteiger charge is -1.97. The number of alkyl halides is 1. The summed E-state index contributed by atoms with van der Waals surface area (Å²) >= 11 is 5.53. The molecule has 1 N–H and O–H groups in total. The molecule has 0 saturated heterocycles. The topological polar surface area (TPSA) is 58.9 Å². The van der Waals surface area contributed by atoms with Gasteiger partial charge in [-0.15, -0.1) is 11.6 Å². The van der Waals surface area contributed by atoms with E-state index in [1.165, 1.54) is 12.5 Å². The fourth-order valence-corrected chi connectivity index (χ4v) is 1.25. The molecule has 14 heavy (non-hydrogen) atoms. The lowest BCUT2D eigenvalue weighted by molar-refractivity contribution is 0.576. The molecule has 0 saturated carbocycles. The summed E-state index contributed by atoms with van der Waals surface area (Å²) < 4.78 is 5.08. The van der Waals surface area contributed by atoms with Crippen LogP contribution in [0, 0.1) is 0 Å². The minimum atomic E-state index is -0.235. The number of hydrogen-bond acceptors (Lipinski definition) is 3. The number of halogens is 1. The van der Waals surface area contributed by atoms with Crippen LogP contribution in [0.1, 0.15) is 5.56 Å². The van der Waals surface area contributed by atoms with E-state index < -0.39 is 0 Å². The highest BCUT2D eigenvalue weighted by atomic mass is 35.5. The molecule has 2 rings (SSSR count). The van der Waals surface area contributed by atoms with Crippen molar-refractivity contribution in [3.63, 3.8) is 0 Å². The van der Waals surface area contributed by atoms with E-state index in [0.29, 0.717) is 17.1 Å². The fraction of sp³-hybridized carbons (Fsp3) is 0.111. The summed E-state index contributed by atoms with van der Waals surface area (Å²) in [6, 6.07) is 3.45. The summed E-state index contributed by atoms with van der Waals surface area (Å²) in [5.74, 6) is 1.10. The summed E-state index contributed by atoms with van der Waals surface area (Å²) in [6.07, 6.45) is 2.97. The SMILES string of the molecule is O=c1[nH]c(-c2ccco2)ncc1CCl. The second-order valence-electron chi connectivity index (χ2n) is 2.70. The fourth-order valence-electron chi connectivity index (χ4n) is 1.05. The number of furan rings is 1. The minimum Gasteiger partial charge on any atom is -0.461 e. The van der Waals surface area contributed by atoms with Crippen LogP contribution in [0.25, 0.3) is 11.6 Å². The summed E-state index contributed by atoms with van der Waals surface area (Å²) in [4.78, 5) is 17.9. The number of nitrogens with one attached hydrogen (secondary N) is 1. The van der Waals surface area contributed by atoms with Crippen LogP contribution in [-0.4, -0.2) is 9.97 Å². The Morgan fingerprint density at radius 2 is 2.43 bits per heavy atom. The third kappa shape index (κ3) is 1.56. The monoisotopic (exact) mass is 210 g/mol. The molecule has 0 aliphatic carbocycles. The van der Waals surface area contributed by atoms with Crippen LogP contribution in [0.2, 0.25) is 0 Å². The normalized spacial score (nSPS) is 10.4. The zero-order chi connectivity index (χ0) is 9.97. The van der Waals surface area contributed by atoms with Crippen molar-refractivity contribution in [1.82, 2.24) is 9.97 Å². The maximum Gasteiger partial charge on any atom is 0.255 e. The molecule has 0 amide bonds. The van der Waals surface area contributed by atoms with Gasteiger partial charge in [-0.1, -0.05) is 0 Å². The van der Waals surface area contributed by atoms with E-state index in [2.05, 4.69) is 9.97 Å². The predicted octanol–water partition coefficient (Wildman–Crippen LogP) is 1.77. The first kappa shape index (κ1) is 9.02. The number of hydrogen-bond donors (Lipinski definition) is 1. The molecule has 0 unspecified atom stereocenters. The average Bonchev–Trinajstić information content (AvgIpc) is 2.70. The number of nitrogens with zero attached hydrogens (tertiary/aromatic N) is 1. The number of H-pyrrole nitrogens is 1. The van der Waals surface area contributed by atoms with Gasteiger partial charge in [0.15, 0.2) is 11.6 Å². The standard InChI is InChI=1S/C9H7ClN2O2/c10-4-6-5-11-8(12-9(6)13)7-2-1-3-14-7/h1-3,5H,4H2,(H,11,12,13). The molecule has 2 heterocycles. The Balaban J connectivity index is 2.48. The number of aromatic nitrogens is 2. The Labute approximate surface area is 84.6 Å². The van der Waals surface area contributed by atoms with Gasteiger partial charge in [-0.3, -0.25) is 4.79 Å². The predicted molar refractivity (Wildman–Crippen MR) is 52.1 cm³/mol. The van der Waals surface area contributed by atoms with Gasteiger partial charge in [0.2, 0.25) is 0 Å². The first-order chi connectivity index (χ1) is 6.81. The van der Waals surface area contributed by atoms with E-state index in [9.17, 15) is 4.79 Å². The highest BCUT2D eigenvalue weighted by molar-refractivity contribution is 6.17. The molecule has 2 aromatic heterocycles. The molecule has 5 heteroatoms. The second kappa shape index (κ2) is 3.67. The van der Waals surface area contributed by atoms with E-state index in [4.69, 9.17) is 16.0 Å². The molecule has 0 spiro atoms. The molecule has 0 aromatic carbocycles. The van der Waals surface area contributed by atoms with E-state index >= 15 is 0 Å². The second-order valence-corrected chi connectivity index (χ2v) is 2.96. The molecular formula is C9H7ClN2O2. The molecular weight excluding hydrogens is 204 g/mol. The van der Waals surface area contributed by atoms with Crippen LogP contribution >= 0.6 is 11.6 Å². The van der Waals surface area contributed by atoms with Crippen molar-refractivity contribution in [2.75, 3.05) is 0 Å². The Bertz CT molecular complexity index is 476. The van der Waals surface area contributed by atoms with E-state index in [-0.39, 0.29) is 11.4 Å². The van der Waals surface area contributed by atoms with Crippen LogP contribution in [-0.2, 0) is 5.88 Å². The first-order valence-corrected chi connectivity index (χ1v) is 4.53. The van der Waals surface area contributed by atoms with Gasteiger partial charge in [-0.2, -0.15) is 0 Å². The first-order valence-electron chi connectivity index (χ1n) is 3.99. The molecule has 0 aliphatic rings. The van der Waals surface area contributed by atoms with Crippen molar-refractivity contribution in [3.05, 3.63) is 40.5 Å². The number of rotatable bonds is 2. The summed E-state index contributed by atoms with van der Waals surface area (Å²) in [5.41, 5.74) is 0.211. The Morgan fingerprint density at radius 3 is 3.00 bits per heavy atom. The molecule has 4 nitrogen and oxygen atoms in total. The van der Waals surface area contributed by atoms with Crippen LogP contribution in [0.3, 0.4) is 0 Å². The summed E-state index contributed by atoms with van der Waals surface area (Å²) in [6.45, 7) is 0. The Kier molecular flexibility index (Phi) is 2.37. The highest BCUT2D eigenvalue weighted by Crippen LogP contribution is 2.12. The van der Waals surface area contributed by atoms with Crippen LogP contribution in [0.5, 0.6) is 0 Å². The van der Waals surface area contributed by atoms with E-state index in [0.717, 1.165) is 0 Å². The van der Waals surface area contributed by atoms with Crippen LogP contribution in [0.4, 0.5) is 0 Å². The number of aromatic amines is 1. The maximum atomic E-state index is 11.3. The third-order valence-corrected chi connectivity index (χ3v) is 2.06. The van der Waals surface area contributed by atoms with Crippen LogP contribution in [0.15, 0.2) is 33.8 Å². The minimum absolute atomic E-state index is 0.154. The van der Waals surface area contributed by atoms with Gasteiger partial charge in [0.05, 0.1) is 17.7 Å². The van der Waals surface area contributed by atoms with Crippen molar-refractivity contribution in [2.24, 2.45) is 0 Å². The quantitative estimate of drug-likeness (QED) is 0.769. The van der Waals surface area contributed by atoms with Crippen molar-refractivity contribution in [2.45, 2.75) is 5.88 Å². The van der Waals surface area contributed by atoms with Crippen molar-refractivity contribution in [1.29, 1.82) is 0 Å². The van der Waals surface area contributed by atoms with Gasteiger partial charge in [-0.25, -0.2) is 4.98 Å². The third-order valence-electron chi connectivity index (χ3n) is 1.77. The zero-order valence-electron chi connectivity index (χ0n) is 7.16. The Morgan fingerprint density at radius 1 is 1.57 bits per heavy atom. The zero-order valence-corrected chi connectivity index (χ0v) is 7.91. The van der Waals surface area contributed by atoms with Crippen molar-refractivity contribution in [3.8, 4) is 11.6 Å². The van der Waals surface area contributed by atoms with Gasteiger partial charge < -0.3 is 9.40 Å². The van der Waals surface area contributed by atoms with E-state index in [1.54, 1.807) is 12.1 Å². The summed E-state index contributed by atoms with van der Waals surface area (Å²) in [7, 11) is 0. The van der Waals surface area contributed by atoms with Crippen molar-refractivity contribution >= 4 is 11.6 Å². The molecule has 0 aliphatic heterocycles. The van der Waals surface area contributed by atoms with Gasteiger partial charge >= 0.3 is 0 Å². The van der Waals surface area contributed by atoms with Gasteiger partial charge in [0, 0.05) is 6.20 Å². The molecule has 2 aromatic rings. The smallest absolute Gasteiger partial charge is 0.255 e. The molecule has 72 valence electrons. The lowest BCUT2D eigenvalue weighted by atomic mass is 10.3. The average molecular weight is 211 g/mol. The highest BCUT2D eigenvalue weighted by Gasteiger charge is 2.05. The van der Waals surface area contributed by atoms with Crippen LogP contribution < -0.4 is 5.56 Å².